The molecule has 9 nitrogen and oxygen atoms in total. The van der Waals surface area contributed by atoms with Gasteiger partial charge < -0.3 is 20.1 Å². The number of carbonyl (C=O) groups is 2. The molecule has 2 amide bonds. The van der Waals surface area contributed by atoms with E-state index < -0.39 is 29.0 Å². The van der Waals surface area contributed by atoms with E-state index in [1.54, 1.807) is 11.1 Å². The Labute approximate surface area is 230 Å². The van der Waals surface area contributed by atoms with Crippen LogP contribution in [0, 0.1) is 17.3 Å². The molecule has 4 atom stereocenters. The Kier molecular flexibility index (Phi) is 7.85. The van der Waals surface area contributed by atoms with Crippen LogP contribution in [-0.4, -0.2) is 72.0 Å². The highest BCUT2D eigenvalue weighted by Crippen LogP contribution is 2.40. The van der Waals surface area contributed by atoms with E-state index >= 15 is 0 Å². The molecule has 4 aliphatic heterocycles. The predicted octanol–water partition coefficient (Wildman–Crippen LogP) is 3.64. The molecule has 3 fully saturated rings. The van der Waals surface area contributed by atoms with E-state index in [1.165, 1.54) is 0 Å². The Bertz CT molecular complexity index is 1200. The van der Waals surface area contributed by atoms with Gasteiger partial charge in [-0.25, -0.2) is 0 Å². The van der Waals surface area contributed by atoms with Crippen LogP contribution in [0.15, 0.2) is 68.3 Å². The molecule has 1 saturated carbocycles. The molecule has 2 N–H and O–H groups in total. The zero-order valence-electron chi connectivity index (χ0n) is 23.1. The summed E-state index contributed by atoms with van der Waals surface area (Å²) in [5.41, 5.74) is 4.56. The van der Waals surface area contributed by atoms with Crippen LogP contribution in [0.3, 0.4) is 0 Å². The van der Waals surface area contributed by atoms with Crippen molar-refractivity contribution in [3.8, 4) is 0 Å². The highest BCUT2D eigenvalue weighted by atomic mass is 16.5. The number of ether oxygens (including phenoxy) is 1. The molecule has 208 valence electrons. The van der Waals surface area contributed by atoms with Gasteiger partial charge >= 0.3 is 0 Å². The topological polar surface area (TPSA) is 116 Å². The first kappa shape index (κ1) is 27.4. The molecular formula is C30H39N5O4. The summed E-state index contributed by atoms with van der Waals surface area (Å²) in [6.45, 7) is 7.38. The van der Waals surface area contributed by atoms with Crippen LogP contribution in [0.1, 0.15) is 52.9 Å². The van der Waals surface area contributed by atoms with E-state index in [1.807, 2.05) is 45.1 Å². The van der Waals surface area contributed by atoms with Gasteiger partial charge in [0.15, 0.2) is 0 Å². The number of amides is 2. The van der Waals surface area contributed by atoms with E-state index in [2.05, 4.69) is 32.3 Å². The van der Waals surface area contributed by atoms with Crippen molar-refractivity contribution in [1.29, 1.82) is 0 Å². The predicted molar refractivity (Wildman–Crippen MR) is 148 cm³/mol. The Morgan fingerprint density at radius 2 is 2.15 bits per heavy atom. The molecule has 0 aromatic heterocycles. The zero-order chi connectivity index (χ0) is 27.6. The van der Waals surface area contributed by atoms with Crippen molar-refractivity contribution in [2.24, 2.45) is 32.5 Å². The van der Waals surface area contributed by atoms with E-state index in [4.69, 9.17) is 4.74 Å². The third-order valence-electron chi connectivity index (χ3n) is 7.97. The third-order valence-corrected chi connectivity index (χ3v) is 7.97. The van der Waals surface area contributed by atoms with Crippen LogP contribution >= 0.6 is 0 Å². The van der Waals surface area contributed by atoms with E-state index in [-0.39, 0.29) is 31.4 Å². The molecule has 0 radical (unpaired) electrons. The minimum Gasteiger partial charge on any atom is -0.391 e. The molecule has 0 aromatic carbocycles. The first-order valence-electron chi connectivity index (χ1n) is 14.0. The van der Waals surface area contributed by atoms with Crippen molar-refractivity contribution in [3.05, 3.63) is 53.1 Å². The molecule has 0 bridgehead atoms. The summed E-state index contributed by atoms with van der Waals surface area (Å²) in [4.78, 5) is 34.0. The molecule has 9 heteroatoms. The van der Waals surface area contributed by atoms with Crippen molar-refractivity contribution in [1.82, 2.24) is 10.2 Å². The molecule has 4 unspecified atom stereocenters. The standard InChI is InChI=1S/C30H39N5O4/c1-29(2,3)23(14-20-15-24(21-9-10-21)34-32-17-20)28(38)35-18-22(36)16-25(35)27(37)33-30(11-13-39-19-30)26-8-6-4-5-7-12-31-26/h5-7,12,14-15,21-23,25,36H,4,9-11,13,16-19H2,1-3H3,(H,33,37)/b7-5-,20-14+,31-12-. The quantitative estimate of drug-likeness (QED) is 0.507. The van der Waals surface area contributed by atoms with Crippen molar-refractivity contribution in [3.63, 3.8) is 0 Å². The smallest absolute Gasteiger partial charge is 0.243 e. The number of hydrogen-bond acceptors (Lipinski definition) is 7. The summed E-state index contributed by atoms with van der Waals surface area (Å²) in [5.74, 6) is -0.497. The van der Waals surface area contributed by atoms with Gasteiger partial charge in [-0.3, -0.25) is 14.6 Å². The van der Waals surface area contributed by atoms with Crippen LogP contribution in [0.25, 0.3) is 0 Å². The number of nitrogens with zero attached hydrogens (tertiary/aromatic N) is 4. The number of hydrogen-bond donors (Lipinski definition) is 2. The van der Waals surface area contributed by atoms with Gasteiger partial charge in [0.2, 0.25) is 11.8 Å². The van der Waals surface area contributed by atoms with Gasteiger partial charge in [0.05, 0.1) is 30.9 Å². The SMILES string of the molecule is CC(C)(C)C(/C=C1\C=C(C2CC2)N=NC1)C(=O)N1CC(O)CC1C(=O)NC1(C2=C=CC/C=C\C=N/2)CCOC1. The molecule has 1 aliphatic carbocycles. The number of aliphatic hydroxyl groups excluding tert-OH is 1. The highest BCUT2D eigenvalue weighted by molar-refractivity contribution is 5.91. The lowest BCUT2D eigenvalue weighted by atomic mass is 9.78. The van der Waals surface area contributed by atoms with Gasteiger partial charge in [-0.15, -0.1) is 0 Å². The molecule has 4 heterocycles. The number of azo groups is 1. The fourth-order valence-corrected chi connectivity index (χ4v) is 5.54. The maximum atomic E-state index is 14.1. The molecule has 39 heavy (non-hydrogen) atoms. The number of likely N-dealkylation sites (tertiary alicyclic amines) is 1. The summed E-state index contributed by atoms with van der Waals surface area (Å²) in [7, 11) is 0. The maximum absolute atomic E-state index is 14.1. The van der Waals surface area contributed by atoms with Crippen LogP contribution in [0.4, 0.5) is 0 Å². The van der Waals surface area contributed by atoms with Crippen molar-refractivity contribution in [2.45, 2.75) is 70.6 Å². The second-order valence-corrected chi connectivity index (χ2v) is 12.2. The van der Waals surface area contributed by atoms with Crippen molar-refractivity contribution in [2.75, 3.05) is 26.3 Å². The van der Waals surface area contributed by atoms with Gasteiger partial charge in [-0.05, 0) is 48.5 Å². The lowest BCUT2D eigenvalue weighted by molar-refractivity contribution is -0.143. The van der Waals surface area contributed by atoms with Crippen molar-refractivity contribution < 1.29 is 19.4 Å². The first-order chi connectivity index (χ1) is 18.7. The molecule has 2 saturated heterocycles. The van der Waals surface area contributed by atoms with Crippen LogP contribution < -0.4 is 5.32 Å². The molecule has 5 aliphatic rings. The number of rotatable bonds is 6. The number of carbonyl (C=O) groups excluding carboxylic acids is 2. The van der Waals surface area contributed by atoms with Gasteiger partial charge in [-0.2, -0.15) is 10.2 Å². The minimum absolute atomic E-state index is 0.116. The second kappa shape index (κ2) is 11.2. The van der Waals surface area contributed by atoms with E-state index in [9.17, 15) is 14.7 Å². The van der Waals surface area contributed by atoms with Crippen molar-refractivity contribution >= 4 is 18.0 Å². The molecule has 0 aromatic rings. The highest BCUT2D eigenvalue weighted by Gasteiger charge is 2.47. The van der Waals surface area contributed by atoms with Crippen LogP contribution in [0.5, 0.6) is 0 Å². The number of aliphatic imine (C=N–C) groups is 1. The maximum Gasteiger partial charge on any atom is 0.243 e. The number of nitrogens with one attached hydrogen (secondary N) is 1. The fraction of sp³-hybridized carbons (Fsp3) is 0.600. The normalized spacial score (nSPS) is 32.3. The van der Waals surface area contributed by atoms with Gasteiger partial charge in [0.25, 0.3) is 0 Å². The van der Waals surface area contributed by atoms with E-state index in [0.717, 1.165) is 30.5 Å². The molecule has 0 spiro atoms. The number of allylic oxidation sites excluding steroid dienone is 3. The Morgan fingerprint density at radius 3 is 2.87 bits per heavy atom. The fourth-order valence-electron chi connectivity index (χ4n) is 5.54. The first-order valence-corrected chi connectivity index (χ1v) is 14.0. The Morgan fingerprint density at radius 1 is 1.33 bits per heavy atom. The van der Waals surface area contributed by atoms with Crippen LogP contribution in [0.2, 0.25) is 0 Å². The minimum atomic E-state index is -0.833. The summed E-state index contributed by atoms with van der Waals surface area (Å²) in [5, 5.41) is 22.4. The largest absolute Gasteiger partial charge is 0.391 e. The molecular weight excluding hydrogens is 494 g/mol. The Hall–Kier alpha value is -3.13. The summed E-state index contributed by atoms with van der Waals surface area (Å²) in [6.07, 6.45) is 14.4. The van der Waals surface area contributed by atoms with Gasteiger partial charge in [0.1, 0.15) is 17.3 Å². The monoisotopic (exact) mass is 533 g/mol. The number of β-amino-alcohol motifs (C(OH)–C–C–N with tert-alkyl or cyclic N) is 1. The summed E-state index contributed by atoms with van der Waals surface area (Å²) in [6, 6.07) is -0.793. The van der Waals surface area contributed by atoms with Crippen LogP contribution in [-0.2, 0) is 14.3 Å². The second-order valence-electron chi connectivity index (χ2n) is 12.2. The van der Waals surface area contributed by atoms with Gasteiger partial charge in [-0.1, -0.05) is 38.7 Å². The van der Waals surface area contributed by atoms with E-state index in [0.29, 0.717) is 31.2 Å². The zero-order valence-corrected chi connectivity index (χ0v) is 23.1. The third kappa shape index (κ3) is 6.21. The number of aliphatic hydroxyl groups is 1. The summed E-state index contributed by atoms with van der Waals surface area (Å²) < 4.78 is 5.70. The summed E-state index contributed by atoms with van der Waals surface area (Å²) >= 11 is 0. The average Bonchev–Trinajstić information content (AvgIpc) is 3.49. The molecule has 5 rings (SSSR count). The lowest BCUT2D eigenvalue weighted by Crippen LogP contribution is -2.57. The lowest BCUT2D eigenvalue weighted by Gasteiger charge is -2.35. The van der Waals surface area contributed by atoms with Gasteiger partial charge in [0, 0.05) is 38.1 Å². The Balaban J connectivity index is 1.39. The average molecular weight is 534 g/mol.